The molecule has 2 aromatic rings. The van der Waals surface area contributed by atoms with E-state index in [1.165, 1.54) is 37.8 Å². The summed E-state index contributed by atoms with van der Waals surface area (Å²) in [6, 6.07) is 9.17. The van der Waals surface area contributed by atoms with Gasteiger partial charge >= 0.3 is 6.03 Å². The van der Waals surface area contributed by atoms with Gasteiger partial charge in [0.2, 0.25) is 0 Å². The summed E-state index contributed by atoms with van der Waals surface area (Å²) in [6.07, 6.45) is 7.84. The van der Waals surface area contributed by atoms with Crippen LogP contribution in [-0.2, 0) is 10.3 Å². The molecule has 2 aliphatic rings. The first-order valence-corrected chi connectivity index (χ1v) is 10.9. The van der Waals surface area contributed by atoms with Crippen molar-refractivity contribution in [2.75, 3.05) is 7.11 Å². The van der Waals surface area contributed by atoms with Crippen LogP contribution < -0.4 is 10.1 Å². The monoisotopic (exact) mass is 422 g/mol. The molecule has 1 N–H and O–H groups in total. The number of aromatic nitrogens is 1. The molecule has 1 aliphatic heterocycles. The predicted molar refractivity (Wildman–Crippen MR) is 119 cm³/mol. The normalized spacial score (nSPS) is 22.4. The molecule has 1 saturated heterocycles. The van der Waals surface area contributed by atoms with Gasteiger partial charge in [-0.1, -0.05) is 31.4 Å². The van der Waals surface area contributed by atoms with Crippen LogP contribution in [0.5, 0.6) is 5.75 Å². The number of hydrogen-bond acceptors (Lipinski definition) is 4. The van der Waals surface area contributed by atoms with E-state index < -0.39 is 17.5 Å². The summed E-state index contributed by atoms with van der Waals surface area (Å²) in [5, 5.41) is 7.99. The average Bonchev–Trinajstić information content (AvgIpc) is 3.18. The number of urea groups is 1. The molecule has 1 saturated carbocycles. The van der Waals surface area contributed by atoms with Gasteiger partial charge in [0.15, 0.2) is 0 Å². The molecule has 4 rings (SSSR count). The number of nitrogens with one attached hydrogen (secondary N) is 1. The fourth-order valence-corrected chi connectivity index (χ4v) is 4.80. The molecule has 1 atom stereocenters. The standard InChI is InChI=1S/C24H30N4O3/c1-16-14-18(17(2)27(16)20-8-6-5-7-9-20)15-25-28-22(29)24(3,26-23(28)30)19-10-12-21(31-4)13-11-19/h10-15,20H,5-9H2,1-4H3,(H,26,30)/b25-15-/t24-/m0/s1. The highest BCUT2D eigenvalue weighted by atomic mass is 16.5. The van der Waals surface area contributed by atoms with Crippen LogP contribution in [0.4, 0.5) is 4.79 Å². The molecule has 164 valence electrons. The van der Waals surface area contributed by atoms with Crippen LogP contribution in [0.3, 0.4) is 0 Å². The second-order valence-electron chi connectivity index (χ2n) is 8.63. The highest BCUT2D eigenvalue weighted by molar-refractivity contribution is 6.07. The van der Waals surface area contributed by atoms with Crippen LogP contribution in [0.15, 0.2) is 35.4 Å². The highest BCUT2D eigenvalue weighted by Crippen LogP contribution is 2.33. The van der Waals surface area contributed by atoms with Gasteiger partial charge in [0.05, 0.1) is 13.3 Å². The van der Waals surface area contributed by atoms with E-state index in [9.17, 15) is 9.59 Å². The number of hydrogen-bond donors (Lipinski definition) is 1. The molecule has 0 spiro atoms. The van der Waals surface area contributed by atoms with Crippen molar-refractivity contribution in [1.29, 1.82) is 0 Å². The van der Waals surface area contributed by atoms with Crippen molar-refractivity contribution in [2.24, 2.45) is 5.10 Å². The molecule has 2 fully saturated rings. The molecule has 31 heavy (non-hydrogen) atoms. The number of amides is 3. The Bertz CT molecular complexity index is 1020. The van der Waals surface area contributed by atoms with Crippen molar-refractivity contribution in [3.63, 3.8) is 0 Å². The number of methoxy groups -OCH3 is 1. The van der Waals surface area contributed by atoms with Crippen molar-refractivity contribution in [3.05, 3.63) is 52.8 Å². The first-order valence-electron chi connectivity index (χ1n) is 10.9. The fraction of sp³-hybridized carbons (Fsp3) is 0.458. The molecule has 0 radical (unpaired) electrons. The minimum atomic E-state index is -1.17. The van der Waals surface area contributed by atoms with E-state index in [4.69, 9.17) is 4.74 Å². The first kappa shape index (κ1) is 21.2. The maximum Gasteiger partial charge on any atom is 0.346 e. The molecule has 0 bridgehead atoms. The zero-order valence-corrected chi connectivity index (χ0v) is 18.6. The Morgan fingerprint density at radius 1 is 1.13 bits per heavy atom. The molecule has 7 nitrogen and oxygen atoms in total. The Labute approximate surface area is 183 Å². The lowest BCUT2D eigenvalue weighted by Crippen LogP contribution is -2.40. The number of imide groups is 1. The highest BCUT2D eigenvalue weighted by Gasteiger charge is 2.49. The predicted octanol–water partition coefficient (Wildman–Crippen LogP) is 4.42. The number of nitrogens with zero attached hydrogens (tertiary/aromatic N) is 3. The molecule has 0 unspecified atom stereocenters. The fourth-order valence-electron chi connectivity index (χ4n) is 4.80. The van der Waals surface area contributed by atoms with Crippen molar-refractivity contribution < 1.29 is 14.3 Å². The van der Waals surface area contributed by atoms with Crippen molar-refractivity contribution in [2.45, 2.75) is 64.5 Å². The van der Waals surface area contributed by atoms with Gasteiger partial charge in [-0.05, 0) is 57.4 Å². The Kier molecular flexibility index (Phi) is 5.60. The van der Waals surface area contributed by atoms with Crippen LogP contribution in [-0.4, -0.2) is 34.8 Å². The van der Waals surface area contributed by atoms with Crippen LogP contribution >= 0.6 is 0 Å². The Hall–Kier alpha value is -3.09. The van der Waals surface area contributed by atoms with Crippen LogP contribution in [0, 0.1) is 13.8 Å². The number of ether oxygens (including phenoxy) is 1. The van der Waals surface area contributed by atoms with Crippen LogP contribution in [0.25, 0.3) is 0 Å². The lowest BCUT2D eigenvalue weighted by molar-refractivity contribution is -0.131. The van der Waals surface area contributed by atoms with E-state index in [0.29, 0.717) is 17.4 Å². The lowest BCUT2D eigenvalue weighted by atomic mass is 9.92. The summed E-state index contributed by atoms with van der Waals surface area (Å²) in [7, 11) is 1.58. The topological polar surface area (TPSA) is 75.9 Å². The number of benzene rings is 1. The maximum atomic E-state index is 13.1. The number of carbonyl (C=O) groups is 2. The van der Waals surface area contributed by atoms with Gasteiger partial charge < -0.3 is 14.6 Å². The summed E-state index contributed by atoms with van der Waals surface area (Å²) in [4.78, 5) is 25.7. The second-order valence-corrected chi connectivity index (χ2v) is 8.63. The SMILES string of the molecule is COc1ccc([C@]2(C)NC(=O)N(/N=C\c3cc(C)n(C4CCCCC4)c3C)C2=O)cc1. The average molecular weight is 423 g/mol. The van der Waals surface area contributed by atoms with Crippen LogP contribution in [0.2, 0.25) is 0 Å². The second kappa shape index (κ2) is 8.21. The molecule has 1 aromatic carbocycles. The number of rotatable bonds is 5. The molecule has 7 heteroatoms. The largest absolute Gasteiger partial charge is 0.497 e. The van der Waals surface area contributed by atoms with Crippen molar-refractivity contribution >= 4 is 18.2 Å². The van der Waals surface area contributed by atoms with Gasteiger partial charge in [0, 0.05) is 23.0 Å². The molecular formula is C24H30N4O3. The summed E-state index contributed by atoms with van der Waals surface area (Å²) < 4.78 is 7.56. The minimum Gasteiger partial charge on any atom is -0.497 e. The quantitative estimate of drug-likeness (QED) is 0.572. The van der Waals surface area contributed by atoms with Gasteiger partial charge in [-0.15, -0.1) is 5.01 Å². The van der Waals surface area contributed by atoms with E-state index in [1.54, 1.807) is 44.5 Å². The van der Waals surface area contributed by atoms with E-state index in [1.807, 2.05) is 0 Å². The Morgan fingerprint density at radius 3 is 2.45 bits per heavy atom. The van der Waals surface area contributed by atoms with Gasteiger partial charge in [0.1, 0.15) is 11.3 Å². The third kappa shape index (κ3) is 3.73. The summed E-state index contributed by atoms with van der Waals surface area (Å²) in [5.41, 5.74) is 2.76. The van der Waals surface area contributed by atoms with Crippen molar-refractivity contribution in [3.8, 4) is 5.75 Å². The van der Waals surface area contributed by atoms with Gasteiger partial charge in [-0.25, -0.2) is 4.79 Å². The third-order valence-corrected chi connectivity index (χ3v) is 6.61. The number of aryl methyl sites for hydroxylation is 1. The van der Waals surface area contributed by atoms with Gasteiger partial charge in [-0.2, -0.15) is 5.10 Å². The Balaban J connectivity index is 1.57. The first-order chi connectivity index (χ1) is 14.8. The van der Waals surface area contributed by atoms with Crippen molar-refractivity contribution in [1.82, 2.24) is 14.9 Å². The molecular weight excluding hydrogens is 392 g/mol. The number of carbonyl (C=O) groups excluding carboxylic acids is 2. The molecule has 2 heterocycles. The zero-order valence-electron chi connectivity index (χ0n) is 18.6. The summed E-state index contributed by atoms with van der Waals surface area (Å²) >= 11 is 0. The lowest BCUT2D eigenvalue weighted by Gasteiger charge is -2.26. The number of hydrazone groups is 1. The van der Waals surface area contributed by atoms with E-state index in [0.717, 1.165) is 16.3 Å². The summed E-state index contributed by atoms with van der Waals surface area (Å²) in [6.45, 7) is 5.88. The summed E-state index contributed by atoms with van der Waals surface area (Å²) in [5.74, 6) is 0.285. The molecule has 3 amide bonds. The maximum absolute atomic E-state index is 13.1. The smallest absolute Gasteiger partial charge is 0.346 e. The van der Waals surface area contributed by atoms with Crippen LogP contribution in [0.1, 0.15) is 67.6 Å². The van der Waals surface area contributed by atoms with E-state index in [2.05, 4.69) is 34.9 Å². The Morgan fingerprint density at radius 2 is 1.81 bits per heavy atom. The third-order valence-electron chi connectivity index (χ3n) is 6.61. The molecule has 1 aromatic heterocycles. The van der Waals surface area contributed by atoms with E-state index in [-0.39, 0.29) is 0 Å². The van der Waals surface area contributed by atoms with Gasteiger partial charge in [-0.3, -0.25) is 4.79 Å². The minimum absolute atomic E-state index is 0.403. The van der Waals surface area contributed by atoms with Gasteiger partial charge in [0.25, 0.3) is 5.91 Å². The zero-order chi connectivity index (χ0) is 22.2. The molecule has 1 aliphatic carbocycles. The van der Waals surface area contributed by atoms with E-state index >= 15 is 0 Å².